The minimum absolute atomic E-state index is 0.273. The molecule has 0 aliphatic rings. The number of aromatic nitrogens is 2. The Balaban J connectivity index is 2.28. The summed E-state index contributed by atoms with van der Waals surface area (Å²) in [5.41, 5.74) is 3.96. The average molecular weight is 249 g/mol. The molecule has 3 nitrogen and oxygen atoms in total. The lowest BCUT2D eigenvalue weighted by molar-refractivity contribution is 0.597. The minimum Gasteiger partial charge on any atom is -0.306 e. The molecule has 0 saturated heterocycles. The Hall–Kier alpha value is -1.13. The van der Waals surface area contributed by atoms with Crippen LogP contribution in [-0.4, -0.2) is 16.3 Å². The van der Waals surface area contributed by atoms with Crippen LogP contribution in [0.4, 0.5) is 0 Å². The van der Waals surface area contributed by atoms with Crippen molar-refractivity contribution in [1.29, 1.82) is 0 Å². The second kappa shape index (κ2) is 5.47. The summed E-state index contributed by atoms with van der Waals surface area (Å²) in [5.74, 6) is 0. The van der Waals surface area contributed by atoms with Gasteiger partial charge in [-0.25, -0.2) is 0 Å². The first-order chi connectivity index (χ1) is 8.22. The van der Waals surface area contributed by atoms with Gasteiger partial charge in [-0.05, 0) is 41.8 Å². The van der Waals surface area contributed by atoms with Crippen LogP contribution in [0.15, 0.2) is 23.2 Å². The van der Waals surface area contributed by atoms with Gasteiger partial charge in [0.1, 0.15) is 0 Å². The predicted octanol–water partition coefficient (Wildman–Crippen LogP) is 2.88. The summed E-state index contributed by atoms with van der Waals surface area (Å²) in [7, 11) is 1.96. The van der Waals surface area contributed by atoms with Gasteiger partial charge in [-0.2, -0.15) is 16.4 Å². The summed E-state index contributed by atoms with van der Waals surface area (Å²) in [4.78, 5) is 0. The predicted molar refractivity (Wildman–Crippen MR) is 72.4 cm³/mol. The third-order valence-corrected chi connectivity index (χ3v) is 3.74. The lowest BCUT2D eigenvalue weighted by Gasteiger charge is -2.17. The van der Waals surface area contributed by atoms with Crippen molar-refractivity contribution in [3.05, 3.63) is 39.8 Å². The zero-order valence-corrected chi connectivity index (χ0v) is 11.4. The molecule has 0 aromatic carbocycles. The van der Waals surface area contributed by atoms with Crippen LogP contribution in [0.3, 0.4) is 0 Å². The number of rotatable bonds is 5. The Kier molecular flexibility index (Phi) is 3.97. The maximum Gasteiger partial charge on any atom is 0.0618 e. The highest BCUT2D eigenvalue weighted by Crippen LogP contribution is 2.27. The maximum absolute atomic E-state index is 4.27. The van der Waals surface area contributed by atoms with Crippen LogP contribution < -0.4 is 5.32 Å². The van der Waals surface area contributed by atoms with E-state index in [0.717, 1.165) is 13.0 Å². The standard InChI is InChI=1S/C13H19N3S/c1-4-5-14-13(11-6-15-16(3)7-11)12-9-17-8-10(12)2/h6-9,13-14H,4-5H2,1-3H3. The topological polar surface area (TPSA) is 29.9 Å². The van der Waals surface area contributed by atoms with Gasteiger partial charge in [0.05, 0.1) is 12.2 Å². The lowest BCUT2D eigenvalue weighted by Crippen LogP contribution is -2.23. The first kappa shape index (κ1) is 12.3. The van der Waals surface area contributed by atoms with Gasteiger partial charge in [-0.1, -0.05) is 6.92 Å². The van der Waals surface area contributed by atoms with Gasteiger partial charge in [-0.3, -0.25) is 4.68 Å². The number of thiophene rings is 1. The van der Waals surface area contributed by atoms with Crippen molar-refractivity contribution in [3.63, 3.8) is 0 Å². The van der Waals surface area contributed by atoms with E-state index in [1.807, 2.05) is 17.9 Å². The molecule has 0 bridgehead atoms. The Bertz CT molecular complexity index is 472. The lowest BCUT2D eigenvalue weighted by atomic mass is 10.0. The van der Waals surface area contributed by atoms with E-state index in [0.29, 0.717) is 0 Å². The van der Waals surface area contributed by atoms with Crippen molar-refractivity contribution in [1.82, 2.24) is 15.1 Å². The van der Waals surface area contributed by atoms with Crippen LogP contribution in [0.2, 0.25) is 0 Å². The van der Waals surface area contributed by atoms with Crippen molar-refractivity contribution in [2.45, 2.75) is 26.3 Å². The van der Waals surface area contributed by atoms with Crippen LogP contribution in [0, 0.1) is 6.92 Å². The van der Waals surface area contributed by atoms with Crippen molar-refractivity contribution in [2.75, 3.05) is 6.54 Å². The fourth-order valence-corrected chi connectivity index (χ4v) is 2.83. The van der Waals surface area contributed by atoms with E-state index in [2.05, 4.69) is 41.2 Å². The molecule has 0 saturated carbocycles. The molecule has 0 amide bonds. The first-order valence-corrected chi connectivity index (χ1v) is 6.91. The van der Waals surface area contributed by atoms with Crippen molar-refractivity contribution < 1.29 is 0 Å². The summed E-state index contributed by atoms with van der Waals surface area (Å²) >= 11 is 1.76. The Morgan fingerprint density at radius 1 is 1.47 bits per heavy atom. The van der Waals surface area contributed by atoms with Gasteiger partial charge in [0.15, 0.2) is 0 Å². The molecule has 0 radical (unpaired) electrons. The minimum atomic E-state index is 0.273. The Labute approximate surface area is 106 Å². The molecule has 0 fully saturated rings. The van der Waals surface area contributed by atoms with E-state index >= 15 is 0 Å². The van der Waals surface area contributed by atoms with Gasteiger partial charge in [-0.15, -0.1) is 0 Å². The van der Waals surface area contributed by atoms with Crippen LogP contribution in [-0.2, 0) is 7.05 Å². The molecule has 2 heterocycles. The molecule has 4 heteroatoms. The van der Waals surface area contributed by atoms with E-state index in [-0.39, 0.29) is 6.04 Å². The quantitative estimate of drug-likeness (QED) is 0.883. The fourth-order valence-electron chi connectivity index (χ4n) is 1.95. The molecule has 2 aromatic heterocycles. The molecule has 1 unspecified atom stereocenters. The second-order valence-electron chi connectivity index (χ2n) is 4.34. The zero-order chi connectivity index (χ0) is 12.3. The van der Waals surface area contributed by atoms with E-state index in [9.17, 15) is 0 Å². The highest BCUT2D eigenvalue weighted by Gasteiger charge is 2.17. The Morgan fingerprint density at radius 3 is 2.82 bits per heavy atom. The highest BCUT2D eigenvalue weighted by molar-refractivity contribution is 7.08. The summed E-state index contributed by atoms with van der Waals surface area (Å²) in [6.07, 6.45) is 5.18. The highest BCUT2D eigenvalue weighted by atomic mass is 32.1. The van der Waals surface area contributed by atoms with E-state index in [1.165, 1.54) is 16.7 Å². The molecular formula is C13H19N3S. The molecule has 1 atom stereocenters. The van der Waals surface area contributed by atoms with Crippen molar-refractivity contribution >= 4 is 11.3 Å². The SMILES string of the molecule is CCCNC(c1cnn(C)c1)c1cscc1C. The van der Waals surface area contributed by atoms with E-state index < -0.39 is 0 Å². The molecule has 0 aliphatic carbocycles. The van der Waals surface area contributed by atoms with Crippen LogP contribution in [0.25, 0.3) is 0 Å². The molecular weight excluding hydrogens is 230 g/mol. The average Bonchev–Trinajstić information content (AvgIpc) is 2.90. The number of hydrogen-bond donors (Lipinski definition) is 1. The fraction of sp³-hybridized carbons (Fsp3) is 0.462. The van der Waals surface area contributed by atoms with Gasteiger partial charge < -0.3 is 5.32 Å². The maximum atomic E-state index is 4.27. The van der Waals surface area contributed by atoms with Crippen LogP contribution in [0.1, 0.15) is 36.1 Å². The van der Waals surface area contributed by atoms with Crippen molar-refractivity contribution in [3.8, 4) is 0 Å². The van der Waals surface area contributed by atoms with E-state index in [1.54, 1.807) is 11.3 Å². The summed E-state index contributed by atoms with van der Waals surface area (Å²) in [6.45, 7) is 5.38. The summed E-state index contributed by atoms with van der Waals surface area (Å²) < 4.78 is 1.86. The third kappa shape index (κ3) is 2.76. The molecule has 2 rings (SSSR count). The number of nitrogens with one attached hydrogen (secondary N) is 1. The number of nitrogens with zero attached hydrogens (tertiary/aromatic N) is 2. The van der Waals surface area contributed by atoms with Gasteiger partial charge in [0.25, 0.3) is 0 Å². The number of aryl methyl sites for hydroxylation is 2. The molecule has 92 valence electrons. The normalized spacial score (nSPS) is 12.9. The van der Waals surface area contributed by atoms with Crippen LogP contribution >= 0.6 is 11.3 Å². The number of hydrogen-bond acceptors (Lipinski definition) is 3. The summed E-state index contributed by atoms with van der Waals surface area (Å²) in [6, 6.07) is 0.273. The Morgan fingerprint density at radius 2 is 2.29 bits per heavy atom. The van der Waals surface area contributed by atoms with E-state index in [4.69, 9.17) is 0 Å². The summed E-state index contributed by atoms with van der Waals surface area (Å²) in [5, 5.41) is 12.3. The molecule has 17 heavy (non-hydrogen) atoms. The zero-order valence-electron chi connectivity index (χ0n) is 10.6. The smallest absolute Gasteiger partial charge is 0.0618 e. The van der Waals surface area contributed by atoms with Crippen LogP contribution in [0.5, 0.6) is 0 Å². The second-order valence-corrected chi connectivity index (χ2v) is 5.09. The van der Waals surface area contributed by atoms with Crippen molar-refractivity contribution in [2.24, 2.45) is 7.05 Å². The van der Waals surface area contributed by atoms with Gasteiger partial charge in [0.2, 0.25) is 0 Å². The molecule has 0 spiro atoms. The first-order valence-electron chi connectivity index (χ1n) is 5.97. The van der Waals surface area contributed by atoms with Gasteiger partial charge in [0, 0.05) is 18.8 Å². The third-order valence-electron chi connectivity index (χ3n) is 2.86. The monoisotopic (exact) mass is 249 g/mol. The molecule has 0 aliphatic heterocycles. The molecule has 1 N–H and O–H groups in total. The van der Waals surface area contributed by atoms with Gasteiger partial charge >= 0.3 is 0 Å². The molecule has 2 aromatic rings. The largest absolute Gasteiger partial charge is 0.306 e.